The number of carbonyl (C=O) groups is 1. The standard InChI is InChI=1S/C22H20N4O3S/c1-26(14-15-5-3-2-4-6-15)30(28,29)18-10-7-16(8-11-18)22-24-19-12-9-17(21(23)27)13-20(19)25-22/h2-13H,14H2,1H3,(H2,23,27)(H,24,25). The number of aromatic amines is 1. The molecule has 0 bridgehead atoms. The van der Waals surface area contributed by atoms with Crippen LogP contribution in [0.3, 0.4) is 0 Å². The number of nitrogens with two attached hydrogens (primary N) is 1. The molecule has 1 amide bonds. The van der Waals surface area contributed by atoms with E-state index in [2.05, 4.69) is 9.97 Å². The lowest BCUT2D eigenvalue weighted by molar-refractivity contribution is 0.100. The number of sulfonamides is 1. The second-order valence-corrected chi connectivity index (χ2v) is 9.00. The number of hydrogen-bond donors (Lipinski definition) is 2. The number of H-pyrrole nitrogens is 1. The molecule has 0 aliphatic heterocycles. The summed E-state index contributed by atoms with van der Waals surface area (Å²) < 4.78 is 27.1. The number of nitrogens with zero attached hydrogens (tertiary/aromatic N) is 2. The minimum absolute atomic E-state index is 0.205. The highest BCUT2D eigenvalue weighted by atomic mass is 32.2. The van der Waals surface area contributed by atoms with Gasteiger partial charge in [-0.3, -0.25) is 4.79 Å². The summed E-state index contributed by atoms with van der Waals surface area (Å²) in [7, 11) is -2.06. The minimum Gasteiger partial charge on any atom is -0.366 e. The number of amides is 1. The Balaban J connectivity index is 1.59. The van der Waals surface area contributed by atoms with E-state index < -0.39 is 15.9 Å². The van der Waals surface area contributed by atoms with E-state index in [1.54, 1.807) is 49.5 Å². The van der Waals surface area contributed by atoms with Gasteiger partial charge in [-0.1, -0.05) is 30.3 Å². The highest BCUT2D eigenvalue weighted by Gasteiger charge is 2.21. The Labute approximate surface area is 174 Å². The molecule has 4 aromatic rings. The zero-order chi connectivity index (χ0) is 21.3. The molecule has 4 rings (SSSR count). The zero-order valence-corrected chi connectivity index (χ0v) is 17.1. The van der Waals surface area contributed by atoms with Gasteiger partial charge in [0.25, 0.3) is 0 Å². The number of nitrogens with one attached hydrogen (secondary N) is 1. The number of aromatic nitrogens is 2. The van der Waals surface area contributed by atoms with E-state index >= 15 is 0 Å². The van der Waals surface area contributed by atoms with Crippen LogP contribution >= 0.6 is 0 Å². The van der Waals surface area contributed by atoms with Gasteiger partial charge in [0.05, 0.1) is 15.9 Å². The van der Waals surface area contributed by atoms with E-state index in [4.69, 9.17) is 5.73 Å². The topological polar surface area (TPSA) is 109 Å². The molecule has 3 N–H and O–H groups in total. The van der Waals surface area contributed by atoms with E-state index in [1.165, 1.54) is 4.31 Å². The summed E-state index contributed by atoms with van der Waals surface area (Å²) in [5.74, 6) is 0.0591. The normalized spacial score (nSPS) is 11.8. The summed E-state index contributed by atoms with van der Waals surface area (Å²) in [6, 6.07) is 21.0. The van der Waals surface area contributed by atoms with Crippen molar-refractivity contribution in [1.29, 1.82) is 0 Å². The Morgan fingerprint density at radius 3 is 2.40 bits per heavy atom. The van der Waals surface area contributed by atoms with Crippen LogP contribution in [0.5, 0.6) is 0 Å². The molecule has 1 aromatic heterocycles. The van der Waals surface area contributed by atoms with Crippen LogP contribution < -0.4 is 5.73 Å². The molecule has 3 aromatic carbocycles. The molecule has 0 unspecified atom stereocenters. The molecule has 0 aliphatic carbocycles. The number of rotatable bonds is 6. The molecule has 152 valence electrons. The van der Waals surface area contributed by atoms with Gasteiger partial charge in [-0.2, -0.15) is 4.31 Å². The van der Waals surface area contributed by atoms with E-state index in [0.29, 0.717) is 16.9 Å². The lowest BCUT2D eigenvalue weighted by Gasteiger charge is -2.17. The number of fused-ring (bicyclic) bond motifs is 1. The predicted molar refractivity (Wildman–Crippen MR) is 115 cm³/mol. The Bertz CT molecular complexity index is 1310. The maximum atomic E-state index is 12.9. The van der Waals surface area contributed by atoms with Gasteiger partial charge in [-0.25, -0.2) is 13.4 Å². The molecule has 7 nitrogen and oxygen atoms in total. The number of benzene rings is 3. The van der Waals surface area contributed by atoms with Gasteiger partial charge in [0, 0.05) is 24.7 Å². The van der Waals surface area contributed by atoms with Gasteiger partial charge in [0.15, 0.2) is 0 Å². The first kappa shape index (κ1) is 19.8. The van der Waals surface area contributed by atoms with Crippen LogP contribution in [-0.2, 0) is 16.6 Å². The van der Waals surface area contributed by atoms with Crippen LogP contribution in [0, 0.1) is 0 Å². The summed E-state index contributed by atoms with van der Waals surface area (Å²) in [5.41, 5.74) is 8.71. The zero-order valence-electron chi connectivity index (χ0n) is 16.2. The predicted octanol–water partition coefficient (Wildman–Crippen LogP) is 3.15. The molecule has 0 saturated carbocycles. The average molecular weight is 420 g/mol. The van der Waals surface area contributed by atoms with Gasteiger partial charge >= 0.3 is 0 Å². The SMILES string of the molecule is CN(Cc1ccccc1)S(=O)(=O)c1ccc(-c2nc3cc(C(N)=O)ccc3[nH]2)cc1. The van der Waals surface area contributed by atoms with Crippen LogP contribution in [-0.4, -0.2) is 35.6 Å². The van der Waals surface area contributed by atoms with Crippen molar-refractivity contribution in [3.05, 3.63) is 83.9 Å². The van der Waals surface area contributed by atoms with Crippen molar-refractivity contribution in [2.75, 3.05) is 7.05 Å². The molecule has 0 saturated heterocycles. The summed E-state index contributed by atoms with van der Waals surface area (Å²) in [6.45, 7) is 0.288. The molecular weight excluding hydrogens is 400 g/mol. The molecule has 0 aliphatic rings. The van der Waals surface area contributed by atoms with Crippen molar-refractivity contribution in [2.45, 2.75) is 11.4 Å². The van der Waals surface area contributed by atoms with Crippen LogP contribution in [0.2, 0.25) is 0 Å². The summed E-state index contributed by atoms with van der Waals surface area (Å²) >= 11 is 0. The number of imidazole rings is 1. The molecule has 1 heterocycles. The third-order valence-corrected chi connectivity index (χ3v) is 6.67. The molecular formula is C22H20N4O3S. The summed E-state index contributed by atoms with van der Waals surface area (Å²) in [6.07, 6.45) is 0. The van der Waals surface area contributed by atoms with Gasteiger partial charge in [0.2, 0.25) is 15.9 Å². The minimum atomic E-state index is -3.62. The van der Waals surface area contributed by atoms with Crippen LogP contribution in [0.1, 0.15) is 15.9 Å². The van der Waals surface area contributed by atoms with E-state index in [-0.39, 0.29) is 11.4 Å². The Morgan fingerprint density at radius 2 is 1.73 bits per heavy atom. The fourth-order valence-corrected chi connectivity index (χ4v) is 4.34. The fraction of sp³-hybridized carbons (Fsp3) is 0.0909. The molecule has 8 heteroatoms. The monoisotopic (exact) mass is 420 g/mol. The van der Waals surface area contributed by atoms with Gasteiger partial charge in [-0.15, -0.1) is 0 Å². The van der Waals surface area contributed by atoms with Crippen molar-refractivity contribution in [1.82, 2.24) is 14.3 Å². The van der Waals surface area contributed by atoms with Crippen molar-refractivity contribution in [3.63, 3.8) is 0 Å². The van der Waals surface area contributed by atoms with Crippen molar-refractivity contribution in [3.8, 4) is 11.4 Å². The van der Waals surface area contributed by atoms with Gasteiger partial charge in [0.1, 0.15) is 5.82 Å². The first-order valence-corrected chi connectivity index (χ1v) is 10.7. The fourth-order valence-electron chi connectivity index (χ4n) is 3.19. The average Bonchev–Trinajstić information content (AvgIpc) is 3.18. The van der Waals surface area contributed by atoms with Crippen LogP contribution in [0.4, 0.5) is 0 Å². The Morgan fingerprint density at radius 1 is 1.03 bits per heavy atom. The maximum Gasteiger partial charge on any atom is 0.248 e. The van der Waals surface area contributed by atoms with Crippen LogP contribution in [0.15, 0.2) is 77.7 Å². The first-order valence-electron chi connectivity index (χ1n) is 9.25. The van der Waals surface area contributed by atoms with E-state index in [1.807, 2.05) is 30.3 Å². The smallest absolute Gasteiger partial charge is 0.248 e. The summed E-state index contributed by atoms with van der Waals surface area (Å²) in [5, 5.41) is 0. The molecule has 0 radical (unpaired) electrons. The number of hydrogen-bond acceptors (Lipinski definition) is 4. The largest absolute Gasteiger partial charge is 0.366 e. The molecule has 30 heavy (non-hydrogen) atoms. The second kappa shape index (κ2) is 7.74. The highest BCUT2D eigenvalue weighted by molar-refractivity contribution is 7.89. The third-order valence-electron chi connectivity index (χ3n) is 4.85. The highest BCUT2D eigenvalue weighted by Crippen LogP contribution is 2.24. The quantitative estimate of drug-likeness (QED) is 0.499. The van der Waals surface area contributed by atoms with Crippen molar-refractivity contribution < 1.29 is 13.2 Å². The lowest BCUT2D eigenvalue weighted by atomic mass is 10.2. The second-order valence-electron chi connectivity index (χ2n) is 6.95. The van der Waals surface area contributed by atoms with E-state index in [9.17, 15) is 13.2 Å². The molecule has 0 atom stereocenters. The maximum absolute atomic E-state index is 12.9. The summed E-state index contributed by atoms with van der Waals surface area (Å²) in [4.78, 5) is 19.2. The van der Waals surface area contributed by atoms with Gasteiger partial charge in [-0.05, 0) is 48.0 Å². The van der Waals surface area contributed by atoms with Crippen molar-refractivity contribution >= 4 is 27.0 Å². The first-order chi connectivity index (χ1) is 14.3. The van der Waals surface area contributed by atoms with Crippen LogP contribution in [0.25, 0.3) is 22.4 Å². The van der Waals surface area contributed by atoms with E-state index in [0.717, 1.165) is 16.6 Å². The lowest BCUT2D eigenvalue weighted by Crippen LogP contribution is -2.26. The third kappa shape index (κ3) is 3.83. The Kier molecular flexibility index (Phi) is 5.11. The Hall–Kier alpha value is -3.49. The van der Waals surface area contributed by atoms with Gasteiger partial charge < -0.3 is 10.7 Å². The van der Waals surface area contributed by atoms with Crippen molar-refractivity contribution in [2.24, 2.45) is 5.73 Å². The molecule has 0 fully saturated rings. The molecule has 0 spiro atoms. The number of carbonyl (C=O) groups excluding carboxylic acids is 1. The number of primary amides is 1.